The molecule has 0 aliphatic rings. The number of aliphatic hydroxyl groups excluding tert-OH is 1. The van der Waals surface area contributed by atoms with Crippen LogP contribution >= 0.6 is 0 Å². The summed E-state index contributed by atoms with van der Waals surface area (Å²) in [7, 11) is 0. The van der Waals surface area contributed by atoms with Gasteiger partial charge in [-0.15, -0.1) is 0 Å². The molecule has 3 heteroatoms. The molecule has 0 aliphatic carbocycles. The normalized spacial score (nSPS) is 9.45. The van der Waals surface area contributed by atoms with Crippen LogP contribution in [0.2, 0.25) is 0 Å². The molecule has 0 saturated carbocycles. The van der Waals surface area contributed by atoms with Gasteiger partial charge < -0.3 is 15.3 Å². The van der Waals surface area contributed by atoms with Gasteiger partial charge in [-0.2, -0.15) is 0 Å². The van der Waals surface area contributed by atoms with E-state index in [9.17, 15) is 0 Å². The van der Waals surface area contributed by atoms with Gasteiger partial charge in [-0.25, -0.2) is 0 Å². The van der Waals surface area contributed by atoms with Crippen LogP contribution < -0.4 is 0 Å². The molecule has 3 nitrogen and oxygen atoms in total. The molecule has 0 aromatic heterocycles. The smallest absolute Gasteiger partial charge is 0.115 e. The topological polar surface area (TPSA) is 60.7 Å². The van der Waals surface area contributed by atoms with Gasteiger partial charge in [-0.1, -0.05) is 30.8 Å². The number of aryl methyl sites for hydroxylation is 2. The van der Waals surface area contributed by atoms with Crippen LogP contribution in [0.4, 0.5) is 0 Å². The summed E-state index contributed by atoms with van der Waals surface area (Å²) in [5.74, 6) is 0.777. The van der Waals surface area contributed by atoms with Crippen LogP contribution in [0.25, 0.3) is 0 Å². The fraction of sp³-hybridized carbons (Fsp3) is 0.176. The third-order valence-electron chi connectivity index (χ3n) is 2.61. The summed E-state index contributed by atoms with van der Waals surface area (Å²) in [6.45, 7) is 5.33. The van der Waals surface area contributed by atoms with Crippen LogP contribution in [0.5, 0.6) is 11.5 Å². The zero-order valence-corrected chi connectivity index (χ0v) is 11.6. The molecule has 0 unspecified atom stereocenters. The SMILES string of the molecule is C=C(O)CCc1cccc(O)c1.Cc1cccc(O)c1. The van der Waals surface area contributed by atoms with E-state index < -0.39 is 0 Å². The number of aromatic hydroxyl groups is 2. The quantitative estimate of drug-likeness (QED) is 0.737. The van der Waals surface area contributed by atoms with Crippen LogP contribution in [0, 0.1) is 6.92 Å². The van der Waals surface area contributed by atoms with E-state index in [0.29, 0.717) is 18.6 Å². The largest absolute Gasteiger partial charge is 0.513 e. The lowest BCUT2D eigenvalue weighted by molar-refractivity contribution is 0.391. The van der Waals surface area contributed by atoms with Gasteiger partial charge in [-0.3, -0.25) is 0 Å². The van der Waals surface area contributed by atoms with Crippen molar-refractivity contribution in [2.24, 2.45) is 0 Å². The Bertz CT molecular complexity index is 544. The standard InChI is InChI=1S/C10H12O2.C7H8O/c1-8(11)5-6-9-3-2-4-10(12)7-9;1-6-3-2-4-7(8)5-6/h2-4,7,11-12H,1,5-6H2;2-5,8H,1H3. The molecule has 0 radical (unpaired) electrons. The molecule has 0 amide bonds. The first-order valence-electron chi connectivity index (χ1n) is 6.37. The van der Waals surface area contributed by atoms with E-state index in [-0.39, 0.29) is 11.5 Å². The number of aliphatic hydroxyl groups is 1. The Labute approximate surface area is 119 Å². The van der Waals surface area contributed by atoms with Crippen molar-refractivity contribution in [3.05, 3.63) is 72.0 Å². The monoisotopic (exact) mass is 272 g/mol. The van der Waals surface area contributed by atoms with Crippen molar-refractivity contribution in [1.29, 1.82) is 0 Å². The summed E-state index contributed by atoms with van der Waals surface area (Å²) < 4.78 is 0. The molecule has 2 rings (SSSR count). The third-order valence-corrected chi connectivity index (χ3v) is 2.61. The van der Waals surface area contributed by atoms with Gasteiger partial charge in [0.1, 0.15) is 11.5 Å². The van der Waals surface area contributed by atoms with Gasteiger partial charge in [0.15, 0.2) is 0 Å². The minimum atomic E-state index is 0.179. The Balaban J connectivity index is 0.000000217. The summed E-state index contributed by atoms with van der Waals surface area (Å²) in [5.41, 5.74) is 2.09. The fourth-order valence-electron chi connectivity index (χ4n) is 1.63. The van der Waals surface area contributed by atoms with Crippen molar-refractivity contribution in [3.8, 4) is 11.5 Å². The van der Waals surface area contributed by atoms with Crippen LogP contribution in [0.1, 0.15) is 17.5 Å². The van der Waals surface area contributed by atoms with Crippen LogP contribution in [0.15, 0.2) is 60.9 Å². The molecule has 0 saturated heterocycles. The number of phenolic OH excluding ortho intramolecular Hbond substituents is 2. The third kappa shape index (κ3) is 6.50. The average Bonchev–Trinajstić information content (AvgIpc) is 2.37. The van der Waals surface area contributed by atoms with Crippen molar-refractivity contribution >= 4 is 0 Å². The highest BCUT2D eigenvalue weighted by atomic mass is 16.3. The lowest BCUT2D eigenvalue weighted by atomic mass is 10.1. The number of hydrogen-bond acceptors (Lipinski definition) is 3. The zero-order chi connectivity index (χ0) is 15.0. The molecule has 2 aromatic rings. The van der Waals surface area contributed by atoms with E-state index >= 15 is 0 Å². The Kier molecular flexibility index (Phi) is 6.17. The molecule has 0 atom stereocenters. The Morgan fingerprint density at radius 3 is 2.05 bits per heavy atom. The maximum Gasteiger partial charge on any atom is 0.115 e. The second kappa shape index (κ2) is 7.89. The van der Waals surface area contributed by atoms with E-state index in [1.54, 1.807) is 30.3 Å². The Morgan fingerprint density at radius 2 is 1.60 bits per heavy atom. The molecule has 20 heavy (non-hydrogen) atoms. The predicted octanol–water partition coefficient (Wildman–Crippen LogP) is 4.10. The van der Waals surface area contributed by atoms with Crippen LogP contribution in [0.3, 0.4) is 0 Å². The summed E-state index contributed by atoms with van der Waals surface area (Å²) in [6, 6.07) is 14.1. The van der Waals surface area contributed by atoms with Gasteiger partial charge in [0.2, 0.25) is 0 Å². The minimum Gasteiger partial charge on any atom is -0.513 e. The maximum atomic E-state index is 9.09. The highest BCUT2D eigenvalue weighted by Gasteiger charge is 1.95. The first-order valence-corrected chi connectivity index (χ1v) is 6.37. The van der Waals surface area contributed by atoms with Gasteiger partial charge in [-0.05, 0) is 48.7 Å². The van der Waals surface area contributed by atoms with Gasteiger partial charge in [0, 0.05) is 6.42 Å². The molecule has 3 N–H and O–H groups in total. The molecule has 0 fully saturated rings. The first-order chi connectivity index (χ1) is 9.47. The van der Waals surface area contributed by atoms with Crippen LogP contribution in [-0.4, -0.2) is 15.3 Å². The highest BCUT2D eigenvalue weighted by Crippen LogP contribution is 2.13. The molecule has 2 aromatic carbocycles. The van der Waals surface area contributed by atoms with E-state index in [4.69, 9.17) is 15.3 Å². The molecule has 0 heterocycles. The lowest BCUT2D eigenvalue weighted by Gasteiger charge is -2.00. The van der Waals surface area contributed by atoms with E-state index in [1.165, 1.54) is 0 Å². The number of benzene rings is 2. The van der Waals surface area contributed by atoms with E-state index in [0.717, 1.165) is 11.1 Å². The fourth-order valence-corrected chi connectivity index (χ4v) is 1.63. The summed E-state index contributed by atoms with van der Waals surface area (Å²) >= 11 is 0. The number of phenols is 2. The number of allylic oxidation sites excluding steroid dienone is 1. The Hall–Kier alpha value is -2.42. The second-order valence-electron chi connectivity index (χ2n) is 4.58. The van der Waals surface area contributed by atoms with Crippen molar-refractivity contribution in [3.63, 3.8) is 0 Å². The second-order valence-corrected chi connectivity index (χ2v) is 4.58. The summed E-state index contributed by atoms with van der Waals surface area (Å²) in [4.78, 5) is 0. The highest BCUT2D eigenvalue weighted by molar-refractivity contribution is 5.27. The van der Waals surface area contributed by atoms with E-state index in [1.807, 2.05) is 25.1 Å². The van der Waals surface area contributed by atoms with Gasteiger partial charge in [0.05, 0.1) is 5.76 Å². The summed E-state index contributed by atoms with van der Waals surface area (Å²) in [6.07, 6.45) is 1.26. The average molecular weight is 272 g/mol. The first kappa shape index (κ1) is 15.6. The molecule has 0 aliphatic heterocycles. The molecule has 0 spiro atoms. The van der Waals surface area contributed by atoms with Crippen molar-refractivity contribution in [2.45, 2.75) is 19.8 Å². The van der Waals surface area contributed by atoms with Crippen molar-refractivity contribution in [2.75, 3.05) is 0 Å². The number of rotatable bonds is 3. The molecular weight excluding hydrogens is 252 g/mol. The van der Waals surface area contributed by atoms with Crippen LogP contribution in [-0.2, 0) is 6.42 Å². The molecule has 106 valence electrons. The van der Waals surface area contributed by atoms with Crippen molar-refractivity contribution in [1.82, 2.24) is 0 Å². The minimum absolute atomic E-state index is 0.179. The molecular formula is C17H20O3. The number of hydrogen-bond donors (Lipinski definition) is 3. The maximum absolute atomic E-state index is 9.09. The lowest BCUT2D eigenvalue weighted by Crippen LogP contribution is -1.86. The van der Waals surface area contributed by atoms with Gasteiger partial charge >= 0.3 is 0 Å². The predicted molar refractivity (Wildman–Crippen MR) is 81.0 cm³/mol. The van der Waals surface area contributed by atoms with Crippen molar-refractivity contribution < 1.29 is 15.3 Å². The van der Waals surface area contributed by atoms with Gasteiger partial charge in [0.25, 0.3) is 0 Å². The zero-order valence-electron chi connectivity index (χ0n) is 11.6. The van der Waals surface area contributed by atoms with E-state index in [2.05, 4.69) is 6.58 Å². The summed E-state index contributed by atoms with van der Waals surface area (Å²) in [5, 5.41) is 26.7. The molecule has 0 bridgehead atoms. The Morgan fingerprint density at radius 1 is 1.00 bits per heavy atom.